The van der Waals surface area contributed by atoms with Crippen molar-refractivity contribution in [2.24, 2.45) is 5.73 Å². The summed E-state index contributed by atoms with van der Waals surface area (Å²) in [6.45, 7) is 3.97. The number of primary amides is 1. The molecule has 1 amide bonds. The van der Waals surface area contributed by atoms with Crippen molar-refractivity contribution >= 4 is 5.91 Å². The van der Waals surface area contributed by atoms with Crippen LogP contribution in [0, 0.1) is 0 Å². The standard InChI is InChI=1S/C26H41NO/c1-3-4-5-6-7-8-9-10-11-12-13-14-15-16-17-18-19-20-21-22-23-24-25(2)26(27)28/h14-24H,3-13H2,1-2H3,(H2,27,28)/b15-14+,17-16+,19-18+,21-20+,23-22+,25-24+. The average Bonchev–Trinajstić information content (AvgIpc) is 2.68. The van der Waals surface area contributed by atoms with Gasteiger partial charge >= 0.3 is 0 Å². The summed E-state index contributed by atoms with van der Waals surface area (Å²) in [6, 6.07) is 0. The summed E-state index contributed by atoms with van der Waals surface area (Å²) in [5.74, 6) is -0.389. The molecule has 0 aliphatic rings. The molecule has 28 heavy (non-hydrogen) atoms. The van der Waals surface area contributed by atoms with Crippen molar-refractivity contribution in [2.45, 2.75) is 84.5 Å². The van der Waals surface area contributed by atoms with Crippen LogP contribution in [0.2, 0.25) is 0 Å². The van der Waals surface area contributed by atoms with E-state index in [-0.39, 0.29) is 5.91 Å². The van der Waals surface area contributed by atoms with Gasteiger partial charge in [-0.15, -0.1) is 0 Å². The number of nitrogens with two attached hydrogens (primary N) is 1. The number of unbranched alkanes of at least 4 members (excludes halogenated alkanes) is 10. The molecule has 0 bridgehead atoms. The van der Waals surface area contributed by atoms with E-state index in [1.54, 1.807) is 19.1 Å². The van der Waals surface area contributed by atoms with Gasteiger partial charge in [0.1, 0.15) is 0 Å². The molecule has 0 radical (unpaired) electrons. The van der Waals surface area contributed by atoms with E-state index in [1.165, 1.54) is 70.6 Å². The minimum atomic E-state index is -0.389. The van der Waals surface area contributed by atoms with Crippen LogP contribution in [0.15, 0.2) is 72.4 Å². The number of hydrogen-bond donors (Lipinski definition) is 1. The van der Waals surface area contributed by atoms with Gasteiger partial charge in [0.2, 0.25) is 5.91 Å². The molecule has 0 saturated carbocycles. The number of rotatable bonds is 17. The molecular weight excluding hydrogens is 342 g/mol. The van der Waals surface area contributed by atoms with Crippen LogP contribution in [0.25, 0.3) is 0 Å². The molecule has 0 heterocycles. The van der Waals surface area contributed by atoms with E-state index in [0.717, 1.165) is 0 Å². The van der Waals surface area contributed by atoms with Crippen LogP contribution in [0.5, 0.6) is 0 Å². The Morgan fingerprint density at radius 3 is 1.57 bits per heavy atom. The zero-order valence-corrected chi connectivity index (χ0v) is 18.1. The zero-order valence-electron chi connectivity index (χ0n) is 18.1. The lowest BCUT2D eigenvalue weighted by Gasteiger charge is -2.01. The molecule has 0 aliphatic carbocycles. The lowest BCUT2D eigenvalue weighted by Crippen LogP contribution is -2.11. The van der Waals surface area contributed by atoms with E-state index in [2.05, 4.69) is 25.2 Å². The third-order valence-electron chi connectivity index (χ3n) is 4.48. The smallest absolute Gasteiger partial charge is 0.244 e. The molecule has 2 N–H and O–H groups in total. The molecular formula is C26H41NO. The summed E-state index contributed by atoms with van der Waals surface area (Å²) in [7, 11) is 0. The highest BCUT2D eigenvalue weighted by Gasteiger charge is 1.92. The maximum atomic E-state index is 10.8. The van der Waals surface area contributed by atoms with Crippen LogP contribution < -0.4 is 5.73 Å². The number of amides is 1. The summed E-state index contributed by atoms with van der Waals surface area (Å²) in [4.78, 5) is 10.8. The first-order chi connectivity index (χ1) is 13.7. The van der Waals surface area contributed by atoms with Crippen molar-refractivity contribution < 1.29 is 4.79 Å². The predicted octanol–water partition coefficient (Wildman–Crippen LogP) is 7.51. The number of hydrogen-bond acceptors (Lipinski definition) is 1. The lowest BCUT2D eigenvalue weighted by atomic mass is 10.1. The molecule has 0 aromatic heterocycles. The minimum absolute atomic E-state index is 0.389. The van der Waals surface area contributed by atoms with E-state index in [0.29, 0.717) is 5.57 Å². The zero-order chi connectivity index (χ0) is 20.7. The third-order valence-corrected chi connectivity index (χ3v) is 4.48. The van der Waals surface area contributed by atoms with Crippen molar-refractivity contribution in [3.63, 3.8) is 0 Å². The summed E-state index contributed by atoms with van der Waals surface area (Å²) in [5, 5.41) is 0. The van der Waals surface area contributed by atoms with Crippen LogP contribution in [0.1, 0.15) is 84.5 Å². The van der Waals surface area contributed by atoms with Gasteiger partial charge in [0.05, 0.1) is 0 Å². The quantitative estimate of drug-likeness (QED) is 0.158. The largest absolute Gasteiger partial charge is 0.366 e. The Bertz CT molecular complexity index is 547. The SMILES string of the molecule is CCCCCCCCCCCC/C=C/C=C/C=C/C=C/C=C/C=C(\C)C(N)=O. The Morgan fingerprint density at radius 1 is 0.643 bits per heavy atom. The van der Waals surface area contributed by atoms with Gasteiger partial charge in [0.15, 0.2) is 0 Å². The fourth-order valence-electron chi connectivity index (χ4n) is 2.66. The summed E-state index contributed by atoms with van der Waals surface area (Å²) >= 11 is 0. The molecule has 0 fully saturated rings. The summed E-state index contributed by atoms with van der Waals surface area (Å²) in [5.41, 5.74) is 5.69. The molecule has 0 spiro atoms. The first kappa shape index (κ1) is 25.9. The molecule has 0 aromatic rings. The van der Waals surface area contributed by atoms with Crippen LogP contribution >= 0.6 is 0 Å². The van der Waals surface area contributed by atoms with Crippen molar-refractivity contribution in [2.75, 3.05) is 0 Å². The Balaban J connectivity index is 3.57. The highest BCUT2D eigenvalue weighted by atomic mass is 16.1. The first-order valence-corrected chi connectivity index (χ1v) is 11.0. The lowest BCUT2D eigenvalue weighted by molar-refractivity contribution is -0.114. The third kappa shape index (κ3) is 20.2. The Labute approximate surface area is 173 Å². The highest BCUT2D eigenvalue weighted by Crippen LogP contribution is 2.11. The number of allylic oxidation sites excluding steroid dienone is 11. The average molecular weight is 384 g/mol. The van der Waals surface area contributed by atoms with Gasteiger partial charge in [0, 0.05) is 5.57 Å². The minimum Gasteiger partial charge on any atom is -0.366 e. The van der Waals surface area contributed by atoms with E-state index in [9.17, 15) is 4.79 Å². The van der Waals surface area contributed by atoms with Gasteiger partial charge in [-0.1, -0.05) is 132 Å². The molecule has 0 saturated heterocycles. The number of carbonyl (C=O) groups excluding carboxylic acids is 1. The molecule has 0 unspecified atom stereocenters. The van der Waals surface area contributed by atoms with Gasteiger partial charge in [-0.3, -0.25) is 4.79 Å². The monoisotopic (exact) mass is 383 g/mol. The van der Waals surface area contributed by atoms with Crippen molar-refractivity contribution in [3.8, 4) is 0 Å². The van der Waals surface area contributed by atoms with Crippen molar-refractivity contribution in [1.29, 1.82) is 0 Å². The fourth-order valence-corrected chi connectivity index (χ4v) is 2.66. The van der Waals surface area contributed by atoms with Gasteiger partial charge in [0.25, 0.3) is 0 Å². The Kier molecular flexibility index (Phi) is 19.6. The van der Waals surface area contributed by atoms with Crippen LogP contribution in [0.4, 0.5) is 0 Å². The maximum absolute atomic E-state index is 10.8. The predicted molar refractivity (Wildman–Crippen MR) is 125 cm³/mol. The van der Waals surface area contributed by atoms with Crippen LogP contribution in [0.3, 0.4) is 0 Å². The second-order valence-electron chi connectivity index (χ2n) is 7.15. The summed E-state index contributed by atoms with van der Waals surface area (Å²) < 4.78 is 0. The molecule has 0 aromatic carbocycles. The molecule has 2 nitrogen and oxygen atoms in total. The second kappa shape index (κ2) is 21.2. The molecule has 0 atom stereocenters. The van der Waals surface area contributed by atoms with E-state index < -0.39 is 0 Å². The molecule has 2 heteroatoms. The Morgan fingerprint density at radius 2 is 1.07 bits per heavy atom. The van der Waals surface area contributed by atoms with Gasteiger partial charge < -0.3 is 5.73 Å². The normalized spacial score (nSPS) is 13.3. The molecule has 0 aliphatic heterocycles. The first-order valence-electron chi connectivity index (χ1n) is 11.0. The van der Waals surface area contributed by atoms with E-state index in [4.69, 9.17) is 5.73 Å². The van der Waals surface area contributed by atoms with Gasteiger partial charge in [-0.2, -0.15) is 0 Å². The second-order valence-corrected chi connectivity index (χ2v) is 7.15. The summed E-state index contributed by atoms with van der Waals surface area (Å²) in [6.07, 6.45) is 36.7. The van der Waals surface area contributed by atoms with Crippen molar-refractivity contribution in [1.82, 2.24) is 0 Å². The Hall–Kier alpha value is -2.09. The van der Waals surface area contributed by atoms with Crippen molar-refractivity contribution in [3.05, 3.63) is 72.4 Å². The van der Waals surface area contributed by atoms with Crippen LogP contribution in [-0.4, -0.2) is 5.91 Å². The van der Waals surface area contributed by atoms with Gasteiger partial charge in [-0.25, -0.2) is 0 Å². The van der Waals surface area contributed by atoms with E-state index >= 15 is 0 Å². The highest BCUT2D eigenvalue weighted by molar-refractivity contribution is 5.91. The number of carbonyl (C=O) groups is 1. The topological polar surface area (TPSA) is 43.1 Å². The molecule has 0 rings (SSSR count). The van der Waals surface area contributed by atoms with E-state index in [1.807, 2.05) is 36.5 Å². The molecule has 156 valence electrons. The maximum Gasteiger partial charge on any atom is 0.244 e. The fraction of sp³-hybridized carbons (Fsp3) is 0.500. The van der Waals surface area contributed by atoms with Crippen LogP contribution in [-0.2, 0) is 4.79 Å². The van der Waals surface area contributed by atoms with Gasteiger partial charge in [-0.05, 0) is 19.8 Å².